The molecule has 142 valence electrons. The maximum absolute atomic E-state index is 12.0. The monoisotopic (exact) mass is 398 g/mol. The molecule has 0 aromatic heterocycles. The van der Waals surface area contributed by atoms with Crippen LogP contribution in [-0.2, 0) is 10.1 Å². The number of carboxylic acids is 2. The summed E-state index contributed by atoms with van der Waals surface area (Å²) in [5, 5.41) is 19.0. The third-order valence-electron chi connectivity index (χ3n) is 4.17. The van der Waals surface area contributed by atoms with Gasteiger partial charge in [-0.05, 0) is 28.8 Å². The van der Waals surface area contributed by atoms with Gasteiger partial charge in [-0.15, -0.1) is 0 Å². The second-order valence-corrected chi connectivity index (χ2v) is 7.25. The molecule has 0 aliphatic rings. The van der Waals surface area contributed by atoms with E-state index in [0.717, 1.165) is 12.1 Å². The molecule has 0 saturated carbocycles. The Bertz CT molecular complexity index is 1180. The van der Waals surface area contributed by atoms with Crippen molar-refractivity contribution in [1.29, 1.82) is 0 Å². The van der Waals surface area contributed by atoms with Gasteiger partial charge in [-0.2, -0.15) is 8.42 Å². The number of hydrogen-bond donors (Lipinski definition) is 3. The minimum absolute atomic E-state index is 0.0864. The minimum Gasteiger partial charge on any atom is -0.478 e. The van der Waals surface area contributed by atoms with Crippen LogP contribution >= 0.6 is 0 Å². The van der Waals surface area contributed by atoms with Gasteiger partial charge in [0.1, 0.15) is 4.90 Å². The molecule has 3 rings (SSSR count). The molecule has 0 atom stereocenters. The zero-order valence-electron chi connectivity index (χ0n) is 14.2. The molecule has 0 fully saturated rings. The third kappa shape index (κ3) is 3.51. The Morgan fingerprint density at radius 1 is 0.714 bits per heavy atom. The van der Waals surface area contributed by atoms with Crippen molar-refractivity contribution < 1.29 is 32.8 Å². The number of hydrogen-bond acceptors (Lipinski definition) is 4. The summed E-state index contributed by atoms with van der Waals surface area (Å²) in [5.74, 6) is -3.00. The Labute approximate surface area is 160 Å². The van der Waals surface area contributed by atoms with Crippen LogP contribution in [0.2, 0.25) is 0 Å². The number of aromatic carboxylic acids is 2. The molecule has 0 amide bonds. The number of benzene rings is 3. The molecule has 3 aromatic rings. The second-order valence-electron chi connectivity index (χ2n) is 5.86. The van der Waals surface area contributed by atoms with E-state index in [1.807, 2.05) is 0 Å². The molecule has 8 heteroatoms. The normalized spacial score (nSPS) is 11.2. The summed E-state index contributed by atoms with van der Waals surface area (Å²) in [5.41, 5.74) is -0.366. The average Bonchev–Trinajstić information content (AvgIpc) is 2.66. The molecule has 0 aliphatic carbocycles. The fourth-order valence-corrected chi connectivity index (χ4v) is 3.78. The van der Waals surface area contributed by atoms with Crippen LogP contribution in [-0.4, -0.2) is 35.1 Å². The molecule has 7 nitrogen and oxygen atoms in total. The van der Waals surface area contributed by atoms with E-state index in [9.17, 15) is 32.8 Å². The third-order valence-corrected chi connectivity index (χ3v) is 5.06. The van der Waals surface area contributed by atoms with Crippen molar-refractivity contribution in [2.45, 2.75) is 4.90 Å². The number of carboxylic acid groups (broad SMARTS) is 2. The van der Waals surface area contributed by atoms with Gasteiger partial charge >= 0.3 is 11.9 Å². The van der Waals surface area contributed by atoms with E-state index in [-0.39, 0.29) is 11.1 Å². The van der Waals surface area contributed by atoms with Gasteiger partial charge < -0.3 is 10.2 Å². The van der Waals surface area contributed by atoms with E-state index in [0.29, 0.717) is 11.1 Å². The van der Waals surface area contributed by atoms with Crippen LogP contribution in [0, 0.1) is 0 Å². The van der Waals surface area contributed by atoms with Gasteiger partial charge in [-0.1, -0.05) is 54.6 Å². The summed E-state index contributed by atoms with van der Waals surface area (Å²) >= 11 is 0. The van der Waals surface area contributed by atoms with Crippen molar-refractivity contribution in [2.75, 3.05) is 0 Å². The summed E-state index contributed by atoms with van der Waals surface area (Å²) in [6.07, 6.45) is 0. The highest BCUT2D eigenvalue weighted by molar-refractivity contribution is 7.86. The van der Waals surface area contributed by atoms with Gasteiger partial charge in [-0.3, -0.25) is 4.55 Å². The van der Waals surface area contributed by atoms with Gasteiger partial charge in [-0.25, -0.2) is 9.59 Å². The first kappa shape index (κ1) is 19.3. The van der Waals surface area contributed by atoms with Crippen LogP contribution in [0.25, 0.3) is 22.3 Å². The standard InChI is InChI=1S/C20H14O7S/c21-19(22)15-10-4-9-14(18(15)20(23)24)17-13(12-6-2-1-3-7-12)8-5-11-16(17)28(25,26)27/h1-11H,(H,21,22)(H,23,24)(H,25,26,27). The van der Waals surface area contributed by atoms with Crippen molar-refractivity contribution in [3.8, 4) is 22.3 Å². The predicted octanol–water partition coefficient (Wildman–Crippen LogP) is 3.66. The van der Waals surface area contributed by atoms with Crippen LogP contribution in [0.3, 0.4) is 0 Å². The summed E-state index contributed by atoms with van der Waals surface area (Å²) in [4.78, 5) is 22.9. The van der Waals surface area contributed by atoms with Crippen molar-refractivity contribution in [3.05, 3.63) is 77.9 Å². The SMILES string of the molecule is O=C(O)c1cccc(-c2c(-c3ccccc3)cccc2S(=O)(=O)O)c1C(=O)O. The first-order chi connectivity index (χ1) is 13.2. The van der Waals surface area contributed by atoms with Crippen molar-refractivity contribution in [3.63, 3.8) is 0 Å². The highest BCUT2D eigenvalue weighted by Crippen LogP contribution is 2.39. The molecular formula is C20H14O7S. The Balaban J connectivity index is 2.51. The Hall–Kier alpha value is -3.49. The molecule has 0 radical (unpaired) electrons. The zero-order valence-corrected chi connectivity index (χ0v) is 15.1. The van der Waals surface area contributed by atoms with Crippen LogP contribution in [0.1, 0.15) is 20.7 Å². The van der Waals surface area contributed by atoms with Crippen LogP contribution in [0.15, 0.2) is 71.6 Å². The lowest BCUT2D eigenvalue weighted by molar-refractivity contribution is 0.0652. The van der Waals surface area contributed by atoms with Gasteiger partial charge in [0.2, 0.25) is 0 Å². The number of rotatable bonds is 5. The Morgan fingerprint density at radius 3 is 1.89 bits per heavy atom. The lowest BCUT2D eigenvalue weighted by atomic mass is 9.89. The lowest BCUT2D eigenvalue weighted by Crippen LogP contribution is -2.11. The zero-order chi connectivity index (χ0) is 20.5. The lowest BCUT2D eigenvalue weighted by Gasteiger charge is -2.17. The summed E-state index contributed by atoms with van der Waals surface area (Å²) in [7, 11) is -4.73. The molecule has 3 aromatic carbocycles. The topological polar surface area (TPSA) is 129 Å². The van der Waals surface area contributed by atoms with E-state index >= 15 is 0 Å². The van der Waals surface area contributed by atoms with Crippen molar-refractivity contribution in [1.82, 2.24) is 0 Å². The molecule has 0 bridgehead atoms. The summed E-state index contributed by atoms with van der Waals surface area (Å²) < 4.78 is 33.7. The maximum atomic E-state index is 12.0. The quantitative estimate of drug-likeness (QED) is 0.559. The van der Waals surface area contributed by atoms with E-state index in [1.165, 1.54) is 18.2 Å². The van der Waals surface area contributed by atoms with Gasteiger partial charge in [0.05, 0.1) is 11.1 Å². The van der Waals surface area contributed by atoms with Crippen molar-refractivity contribution >= 4 is 22.1 Å². The first-order valence-corrected chi connectivity index (χ1v) is 9.41. The Morgan fingerprint density at radius 2 is 1.32 bits per heavy atom. The molecule has 0 spiro atoms. The summed E-state index contributed by atoms with van der Waals surface area (Å²) in [6.45, 7) is 0. The smallest absolute Gasteiger partial charge is 0.337 e. The second kappa shape index (κ2) is 7.26. The van der Waals surface area contributed by atoms with Crippen LogP contribution < -0.4 is 0 Å². The van der Waals surface area contributed by atoms with E-state index in [2.05, 4.69) is 0 Å². The molecule has 0 saturated heterocycles. The highest BCUT2D eigenvalue weighted by Gasteiger charge is 2.27. The summed E-state index contributed by atoms with van der Waals surface area (Å²) in [6, 6.07) is 16.4. The largest absolute Gasteiger partial charge is 0.478 e. The molecule has 0 heterocycles. The number of carbonyl (C=O) groups is 2. The molecule has 3 N–H and O–H groups in total. The maximum Gasteiger partial charge on any atom is 0.337 e. The Kier molecular flexibility index (Phi) is 5.00. The molecule has 0 aliphatic heterocycles. The van der Waals surface area contributed by atoms with Gasteiger partial charge in [0.25, 0.3) is 10.1 Å². The predicted molar refractivity (Wildman–Crippen MR) is 101 cm³/mol. The fourth-order valence-electron chi connectivity index (χ4n) is 3.05. The van der Waals surface area contributed by atoms with Crippen molar-refractivity contribution in [2.24, 2.45) is 0 Å². The molecular weight excluding hydrogens is 384 g/mol. The minimum atomic E-state index is -4.73. The van der Waals surface area contributed by atoms with E-state index in [1.54, 1.807) is 36.4 Å². The molecule has 0 unspecified atom stereocenters. The first-order valence-electron chi connectivity index (χ1n) is 7.97. The van der Waals surface area contributed by atoms with E-state index < -0.39 is 38.1 Å². The highest BCUT2D eigenvalue weighted by atomic mass is 32.2. The average molecular weight is 398 g/mol. The molecule has 28 heavy (non-hydrogen) atoms. The van der Waals surface area contributed by atoms with Gasteiger partial charge in [0.15, 0.2) is 0 Å². The fraction of sp³-hybridized carbons (Fsp3) is 0. The van der Waals surface area contributed by atoms with Crippen LogP contribution in [0.4, 0.5) is 0 Å². The van der Waals surface area contributed by atoms with E-state index in [4.69, 9.17) is 0 Å². The van der Waals surface area contributed by atoms with Crippen LogP contribution in [0.5, 0.6) is 0 Å². The van der Waals surface area contributed by atoms with Gasteiger partial charge in [0, 0.05) is 5.56 Å².